The summed E-state index contributed by atoms with van der Waals surface area (Å²) in [5.74, 6) is 1.90. The van der Waals surface area contributed by atoms with Gasteiger partial charge in [-0.1, -0.05) is 76.9 Å². The van der Waals surface area contributed by atoms with Crippen molar-refractivity contribution >= 4 is 23.5 Å². The van der Waals surface area contributed by atoms with Crippen molar-refractivity contribution in [1.82, 2.24) is 9.57 Å². The molecule has 0 aromatic heterocycles. The maximum absolute atomic E-state index is 11.2. The number of benzene rings is 4. The maximum atomic E-state index is 11.2. The van der Waals surface area contributed by atoms with Crippen molar-refractivity contribution in [2.24, 2.45) is 5.73 Å². The van der Waals surface area contributed by atoms with Crippen LogP contribution in [0.2, 0.25) is 5.02 Å². The molecule has 1 atom stereocenters. The summed E-state index contributed by atoms with van der Waals surface area (Å²) in [6, 6.07) is 27.8. The van der Waals surface area contributed by atoms with Gasteiger partial charge in [0, 0.05) is 37.8 Å². The molecule has 0 radical (unpaired) electrons. The highest BCUT2D eigenvalue weighted by Crippen LogP contribution is 2.36. The van der Waals surface area contributed by atoms with E-state index in [1.165, 1.54) is 0 Å². The number of rotatable bonds is 13. The number of β-amino-alcohol motifs (C(OH)–C–C–N with tert-alkyl or cyclic N) is 1. The summed E-state index contributed by atoms with van der Waals surface area (Å²) in [4.78, 5) is 2.26. The Morgan fingerprint density at radius 2 is 1.65 bits per heavy atom. The van der Waals surface area contributed by atoms with E-state index in [0.717, 1.165) is 63.4 Å². The van der Waals surface area contributed by atoms with Crippen molar-refractivity contribution < 1.29 is 19.3 Å². The van der Waals surface area contributed by atoms with Crippen LogP contribution in [-0.2, 0) is 18.8 Å². The van der Waals surface area contributed by atoms with E-state index >= 15 is 0 Å². The van der Waals surface area contributed by atoms with Crippen molar-refractivity contribution in [2.45, 2.75) is 39.0 Å². The first-order valence-electron chi connectivity index (χ1n) is 16.4. The lowest BCUT2D eigenvalue weighted by Crippen LogP contribution is -2.32. The van der Waals surface area contributed by atoms with E-state index in [-0.39, 0.29) is 13.2 Å². The molecule has 2 heterocycles. The molecule has 8 nitrogen and oxygen atoms in total. The predicted molar refractivity (Wildman–Crippen MR) is 194 cm³/mol. The Bertz CT molecular complexity index is 1980. The maximum Gasteiger partial charge on any atom is 0.403 e. The third-order valence-electron chi connectivity index (χ3n) is 9.24. The number of hydrogen-bond acceptors (Lipinski definition) is 7. The normalized spacial score (nSPS) is 17.1. The lowest BCUT2D eigenvalue weighted by atomic mass is 9.93. The van der Waals surface area contributed by atoms with Gasteiger partial charge in [-0.05, 0) is 65.8 Å². The van der Waals surface area contributed by atoms with Gasteiger partial charge in [0.25, 0.3) is 0 Å². The number of hydrogen-bond donors (Lipinski definition) is 2. The lowest BCUT2D eigenvalue weighted by molar-refractivity contribution is 0.0447. The molecular formula is C40H40ClN4O4+. The second-order valence-corrected chi connectivity index (χ2v) is 12.8. The van der Waals surface area contributed by atoms with Gasteiger partial charge in [0.2, 0.25) is 0 Å². The van der Waals surface area contributed by atoms with Gasteiger partial charge in [0.15, 0.2) is 6.07 Å². The summed E-state index contributed by atoms with van der Waals surface area (Å²) in [7, 11) is 0. The average molecular weight is 676 g/mol. The van der Waals surface area contributed by atoms with Crippen LogP contribution in [0, 0.1) is 25.2 Å². The monoisotopic (exact) mass is 675 g/mol. The molecule has 0 amide bonds. The Morgan fingerprint density at radius 1 is 0.898 bits per heavy atom. The molecule has 0 saturated carbocycles. The molecule has 0 bridgehead atoms. The fraction of sp³-hybridized carbons (Fsp3) is 0.275. The minimum absolute atomic E-state index is 0.238. The van der Waals surface area contributed by atoms with Gasteiger partial charge >= 0.3 is 11.9 Å². The molecule has 0 spiro atoms. The number of ether oxygens (including phenoxy) is 3. The van der Waals surface area contributed by atoms with Crippen molar-refractivity contribution in [3.63, 3.8) is 0 Å². The van der Waals surface area contributed by atoms with E-state index in [1.54, 1.807) is 24.4 Å². The van der Waals surface area contributed by atoms with Crippen LogP contribution in [0.25, 0.3) is 11.1 Å². The molecule has 4 aromatic rings. The zero-order chi connectivity index (χ0) is 34.4. The quantitative estimate of drug-likeness (QED) is 0.166. The van der Waals surface area contributed by atoms with E-state index in [4.69, 9.17) is 36.8 Å². The minimum Gasteiger partial charge on any atom is -0.492 e. The van der Waals surface area contributed by atoms with Gasteiger partial charge in [-0.3, -0.25) is 4.90 Å². The number of allylic oxidation sites excluding steroid dienone is 1. The van der Waals surface area contributed by atoms with Crippen LogP contribution >= 0.6 is 11.6 Å². The summed E-state index contributed by atoms with van der Waals surface area (Å²) in [5, 5.41) is 20.7. The summed E-state index contributed by atoms with van der Waals surface area (Å²) < 4.78 is 22.6. The molecule has 1 unspecified atom stereocenters. The lowest BCUT2D eigenvalue weighted by Gasteiger charge is -2.24. The van der Waals surface area contributed by atoms with Crippen LogP contribution in [0.3, 0.4) is 0 Å². The van der Waals surface area contributed by atoms with Gasteiger partial charge in [-0.15, -0.1) is 0 Å². The standard InChI is InChI=1S/C40H40ClN4O4/c1-27-30(25-49-39-20-38(31(21-42)19-36(39)41)48-24-29-18-33(22-43)44-23-29)8-6-11-34(27)35-12-7-13-37(28(35)2)47-17-16-45-15-14-40(46,26-45)32-9-4-3-5-10-32/h3-13,18-20,23,46H,14-17,21,24-26,42H2,1-2H3/q+1. The van der Waals surface area contributed by atoms with Crippen molar-refractivity contribution in [2.75, 3.05) is 32.8 Å². The Labute approximate surface area is 292 Å². The second kappa shape index (κ2) is 15.1. The topological polar surface area (TPSA) is 115 Å². The summed E-state index contributed by atoms with van der Waals surface area (Å²) in [6.45, 7) is 7.67. The highest BCUT2D eigenvalue weighted by molar-refractivity contribution is 6.32. The Morgan fingerprint density at radius 3 is 2.41 bits per heavy atom. The Kier molecular flexibility index (Phi) is 10.5. The smallest absolute Gasteiger partial charge is 0.403 e. The third-order valence-corrected chi connectivity index (χ3v) is 9.54. The molecule has 6 rings (SSSR count). The molecule has 250 valence electrons. The third kappa shape index (κ3) is 7.73. The van der Waals surface area contributed by atoms with E-state index < -0.39 is 5.60 Å². The molecule has 0 aliphatic carbocycles. The molecule has 3 N–H and O–H groups in total. The fourth-order valence-electron chi connectivity index (χ4n) is 6.36. The van der Waals surface area contributed by atoms with Gasteiger partial charge in [0.1, 0.15) is 42.7 Å². The van der Waals surface area contributed by atoms with Crippen LogP contribution in [0.4, 0.5) is 0 Å². The Hall–Kier alpha value is -4.87. The van der Waals surface area contributed by atoms with Crippen molar-refractivity contribution in [3.05, 3.63) is 123 Å². The number of likely N-dealkylation sites (tertiary alicyclic amines) is 1. The first-order valence-corrected chi connectivity index (χ1v) is 16.8. The average Bonchev–Trinajstić information content (AvgIpc) is 3.75. The zero-order valence-corrected chi connectivity index (χ0v) is 28.5. The first kappa shape index (κ1) is 34.0. The van der Waals surface area contributed by atoms with E-state index in [0.29, 0.717) is 48.4 Å². The number of halogens is 1. The first-order chi connectivity index (χ1) is 23.8. The fourth-order valence-corrected chi connectivity index (χ4v) is 6.61. The summed E-state index contributed by atoms with van der Waals surface area (Å²) >= 11 is 6.60. The van der Waals surface area contributed by atoms with Crippen LogP contribution in [-0.4, -0.2) is 54.8 Å². The summed E-state index contributed by atoms with van der Waals surface area (Å²) in [5.41, 5.74) is 13.4. The Balaban J connectivity index is 1.10. The predicted octanol–water partition coefficient (Wildman–Crippen LogP) is 6.06. The number of nitrogens with two attached hydrogens (primary N) is 1. The number of nitriles is 1. The molecule has 4 aromatic carbocycles. The van der Waals surface area contributed by atoms with Gasteiger partial charge < -0.3 is 25.1 Å². The van der Waals surface area contributed by atoms with E-state index in [1.807, 2.05) is 54.6 Å². The van der Waals surface area contributed by atoms with Crippen LogP contribution in [0.15, 0.2) is 90.5 Å². The molecule has 9 heteroatoms. The SMILES string of the molecule is Cc1c(COc2cc(OCC3=CC(C#N)=[N+]=C3)c(CN)cc2Cl)cccc1-c1cccc(OCCN2CCC(O)(c3ccccc3)C2)c1C. The van der Waals surface area contributed by atoms with E-state index in [9.17, 15) is 5.11 Å². The highest BCUT2D eigenvalue weighted by atomic mass is 35.5. The molecule has 1 saturated heterocycles. The van der Waals surface area contributed by atoms with Crippen LogP contribution < -0.4 is 24.6 Å². The van der Waals surface area contributed by atoms with Crippen LogP contribution in [0.5, 0.6) is 17.2 Å². The molecule has 49 heavy (non-hydrogen) atoms. The minimum atomic E-state index is -0.815. The van der Waals surface area contributed by atoms with Gasteiger partial charge in [-0.25, -0.2) is 0 Å². The highest BCUT2D eigenvalue weighted by Gasteiger charge is 2.37. The second-order valence-electron chi connectivity index (χ2n) is 12.4. The van der Waals surface area contributed by atoms with E-state index in [2.05, 4.69) is 41.6 Å². The molecule has 2 aliphatic heterocycles. The largest absolute Gasteiger partial charge is 0.492 e. The van der Waals surface area contributed by atoms with Crippen molar-refractivity contribution in [3.8, 4) is 34.4 Å². The molecule has 2 aliphatic rings. The molecule has 1 fully saturated rings. The summed E-state index contributed by atoms with van der Waals surface area (Å²) in [6.07, 6.45) is 4.02. The number of nitrogens with zero attached hydrogens (tertiary/aromatic N) is 3. The van der Waals surface area contributed by atoms with Gasteiger partial charge in [0.05, 0.1) is 16.7 Å². The van der Waals surface area contributed by atoms with Crippen LogP contribution in [0.1, 0.15) is 34.2 Å². The molecular weight excluding hydrogens is 636 g/mol. The number of aliphatic hydroxyl groups is 1. The van der Waals surface area contributed by atoms with Gasteiger partial charge in [-0.2, -0.15) is 5.26 Å². The van der Waals surface area contributed by atoms with Crippen molar-refractivity contribution in [1.29, 1.82) is 5.26 Å². The zero-order valence-electron chi connectivity index (χ0n) is 27.8.